The first-order chi connectivity index (χ1) is 17.1. The molecule has 4 saturated carbocycles. The molecule has 4 rings (SSSR count). The smallest absolute Gasteiger partial charge is 0.305 e. The molecule has 6 nitrogen and oxygen atoms in total. The van der Waals surface area contributed by atoms with Gasteiger partial charge in [0.25, 0.3) is 0 Å². The summed E-state index contributed by atoms with van der Waals surface area (Å²) in [4.78, 5) is 24.1. The van der Waals surface area contributed by atoms with E-state index in [1.807, 2.05) is 0 Å². The summed E-state index contributed by atoms with van der Waals surface area (Å²) in [5.41, 5.74) is -0.139. The van der Waals surface area contributed by atoms with Gasteiger partial charge in [0, 0.05) is 18.9 Å². The van der Waals surface area contributed by atoms with E-state index in [0.29, 0.717) is 48.9 Å². The summed E-state index contributed by atoms with van der Waals surface area (Å²) >= 11 is 0. The van der Waals surface area contributed by atoms with E-state index >= 15 is 0 Å². The number of methoxy groups -OCH3 is 1. The van der Waals surface area contributed by atoms with Crippen LogP contribution in [0.2, 0.25) is 0 Å². The number of aliphatic hydroxyl groups is 2. The minimum Gasteiger partial charge on any atom is -0.469 e. The molecule has 0 aliphatic heterocycles. The van der Waals surface area contributed by atoms with Crippen LogP contribution in [0.5, 0.6) is 0 Å². The number of carbonyl (C=O) groups is 2. The fourth-order valence-electron chi connectivity index (χ4n) is 9.47. The summed E-state index contributed by atoms with van der Waals surface area (Å²) in [5, 5.41) is 26.5. The monoisotopic (exact) mass is 503 g/mol. The molecule has 3 N–H and O–H groups in total. The van der Waals surface area contributed by atoms with Crippen LogP contribution in [0, 0.1) is 46.3 Å². The lowest BCUT2D eigenvalue weighted by Crippen LogP contribution is -2.63. The zero-order chi connectivity index (χ0) is 26.3. The quantitative estimate of drug-likeness (QED) is 0.332. The Morgan fingerprint density at radius 1 is 1.11 bits per heavy atom. The highest BCUT2D eigenvalue weighted by Crippen LogP contribution is 2.68. The number of rotatable bonds is 8. The molecule has 4 aliphatic carbocycles. The molecular formula is C30H49NO5. The van der Waals surface area contributed by atoms with Crippen LogP contribution in [0.1, 0.15) is 91.4 Å². The third kappa shape index (κ3) is 4.77. The maximum atomic E-state index is 12.3. The fraction of sp³-hybridized carbons (Fsp3) is 0.867. The van der Waals surface area contributed by atoms with Gasteiger partial charge < -0.3 is 20.3 Å². The van der Waals surface area contributed by atoms with Crippen LogP contribution in [0.25, 0.3) is 0 Å². The fourth-order valence-corrected chi connectivity index (χ4v) is 9.47. The third-order valence-corrected chi connectivity index (χ3v) is 11.5. The normalized spacial score (nSPS) is 44.5. The second kappa shape index (κ2) is 10.8. The number of amides is 1. The van der Waals surface area contributed by atoms with Gasteiger partial charge in [-0.05, 0) is 104 Å². The molecule has 0 bridgehead atoms. The summed E-state index contributed by atoms with van der Waals surface area (Å²) in [5.74, 6) is 1.80. The topological polar surface area (TPSA) is 95.9 Å². The highest BCUT2D eigenvalue weighted by molar-refractivity contribution is 5.76. The van der Waals surface area contributed by atoms with E-state index in [2.05, 4.69) is 32.7 Å². The van der Waals surface area contributed by atoms with Crippen molar-refractivity contribution in [3.63, 3.8) is 0 Å². The lowest BCUT2D eigenvalue weighted by Gasteiger charge is -2.63. The Hall–Kier alpha value is -1.40. The van der Waals surface area contributed by atoms with Gasteiger partial charge >= 0.3 is 5.97 Å². The Labute approximate surface area is 217 Å². The number of allylic oxidation sites excluding steroid dienone is 1. The Balaban J connectivity index is 1.48. The first-order valence-corrected chi connectivity index (χ1v) is 14.4. The molecular weight excluding hydrogens is 454 g/mol. The van der Waals surface area contributed by atoms with Crippen molar-refractivity contribution >= 4 is 11.9 Å². The maximum absolute atomic E-state index is 12.3. The van der Waals surface area contributed by atoms with Gasteiger partial charge in [0.1, 0.15) is 0 Å². The van der Waals surface area contributed by atoms with Crippen molar-refractivity contribution in [3.05, 3.63) is 12.7 Å². The molecule has 0 radical (unpaired) electrons. The maximum Gasteiger partial charge on any atom is 0.305 e. The third-order valence-electron chi connectivity index (χ3n) is 11.5. The second-order valence-corrected chi connectivity index (χ2v) is 13.1. The van der Waals surface area contributed by atoms with Crippen molar-refractivity contribution in [2.24, 2.45) is 46.3 Å². The van der Waals surface area contributed by atoms with E-state index in [1.54, 1.807) is 6.08 Å². The van der Waals surface area contributed by atoms with Gasteiger partial charge in [-0.2, -0.15) is 0 Å². The number of esters is 1. The van der Waals surface area contributed by atoms with Crippen molar-refractivity contribution in [2.45, 2.75) is 110 Å². The Kier molecular flexibility index (Phi) is 8.26. The standard InChI is InChI=1S/C30H49NO5/c1-6-7-8-26(34)31-20-13-14-29(3)19(15-20)16-24(32)28-22-11-10-21(18(2)9-12-27(35)36-5)30(22,4)25(33)17-23(28)29/h6,18-25,28,32-33H,1,7-17H2,2-5H3,(H,31,34)/t18-,19+,20+,21-,22+,23+,24-,25+,28+,29+,30-/m1/s1. The number of hydrogen-bond acceptors (Lipinski definition) is 5. The predicted molar refractivity (Wildman–Crippen MR) is 140 cm³/mol. The van der Waals surface area contributed by atoms with E-state index in [1.165, 1.54) is 7.11 Å². The van der Waals surface area contributed by atoms with E-state index in [-0.39, 0.29) is 40.8 Å². The minimum atomic E-state index is -0.393. The van der Waals surface area contributed by atoms with Gasteiger partial charge in [-0.15, -0.1) is 6.58 Å². The molecule has 11 atom stereocenters. The first-order valence-electron chi connectivity index (χ1n) is 14.4. The number of hydrogen-bond donors (Lipinski definition) is 3. The zero-order valence-electron chi connectivity index (χ0n) is 22.9. The van der Waals surface area contributed by atoms with E-state index in [4.69, 9.17) is 4.74 Å². The molecule has 4 aliphatic rings. The zero-order valence-corrected chi connectivity index (χ0v) is 22.9. The number of nitrogens with one attached hydrogen (secondary N) is 1. The lowest BCUT2D eigenvalue weighted by molar-refractivity contribution is -0.202. The lowest BCUT2D eigenvalue weighted by atomic mass is 9.43. The Morgan fingerprint density at radius 3 is 2.56 bits per heavy atom. The van der Waals surface area contributed by atoms with Crippen LogP contribution in [0.4, 0.5) is 0 Å². The molecule has 0 spiro atoms. The highest BCUT2D eigenvalue weighted by Gasteiger charge is 2.65. The molecule has 36 heavy (non-hydrogen) atoms. The van der Waals surface area contributed by atoms with Crippen LogP contribution in [-0.2, 0) is 14.3 Å². The van der Waals surface area contributed by atoms with Gasteiger partial charge in [0.05, 0.1) is 19.3 Å². The molecule has 0 aromatic heterocycles. The van der Waals surface area contributed by atoms with Crippen molar-refractivity contribution in [1.29, 1.82) is 0 Å². The van der Waals surface area contributed by atoms with E-state index < -0.39 is 6.10 Å². The van der Waals surface area contributed by atoms with Gasteiger partial charge in [0.15, 0.2) is 0 Å². The Morgan fingerprint density at radius 2 is 1.86 bits per heavy atom. The number of carbonyl (C=O) groups excluding carboxylic acids is 2. The van der Waals surface area contributed by atoms with Crippen molar-refractivity contribution in [1.82, 2.24) is 5.32 Å². The second-order valence-electron chi connectivity index (χ2n) is 13.1. The van der Waals surface area contributed by atoms with Crippen molar-refractivity contribution < 1.29 is 24.5 Å². The van der Waals surface area contributed by atoms with E-state index in [9.17, 15) is 19.8 Å². The predicted octanol–water partition coefficient (Wildman–Crippen LogP) is 4.63. The summed E-state index contributed by atoms with van der Waals surface area (Å²) in [6.07, 6.45) is 9.98. The summed E-state index contributed by atoms with van der Waals surface area (Å²) in [6, 6.07) is 0.175. The van der Waals surface area contributed by atoms with E-state index in [0.717, 1.165) is 51.4 Å². The van der Waals surface area contributed by atoms with Crippen LogP contribution < -0.4 is 5.32 Å². The molecule has 0 saturated heterocycles. The summed E-state index contributed by atoms with van der Waals surface area (Å²) < 4.78 is 4.86. The average Bonchev–Trinajstić information content (AvgIpc) is 3.21. The number of fused-ring (bicyclic) bond motifs is 5. The molecule has 4 fully saturated rings. The molecule has 0 unspecified atom stereocenters. The van der Waals surface area contributed by atoms with Gasteiger partial charge in [-0.25, -0.2) is 0 Å². The molecule has 0 heterocycles. The summed E-state index contributed by atoms with van der Waals surface area (Å²) in [7, 11) is 1.44. The molecule has 0 aromatic rings. The number of aliphatic hydroxyl groups excluding tert-OH is 2. The van der Waals surface area contributed by atoms with Crippen LogP contribution >= 0.6 is 0 Å². The molecule has 0 aromatic carbocycles. The SMILES string of the molecule is C=CCCC(=O)N[C@H]1CC[C@@]2(C)[C@@H](C1)C[C@@H](O)[C@@H]1[C@@H]2C[C@H](O)[C@]2(C)[C@@H]([C@H](C)CCC(=O)OC)CC[C@@H]12. The molecule has 204 valence electrons. The van der Waals surface area contributed by atoms with Gasteiger partial charge in [0.2, 0.25) is 5.91 Å². The van der Waals surface area contributed by atoms with Crippen LogP contribution in [0.3, 0.4) is 0 Å². The van der Waals surface area contributed by atoms with Gasteiger partial charge in [-0.1, -0.05) is 26.8 Å². The van der Waals surface area contributed by atoms with Crippen molar-refractivity contribution in [3.8, 4) is 0 Å². The van der Waals surface area contributed by atoms with Crippen LogP contribution in [0.15, 0.2) is 12.7 Å². The average molecular weight is 504 g/mol. The minimum absolute atomic E-state index is 0.0864. The summed E-state index contributed by atoms with van der Waals surface area (Å²) in [6.45, 7) is 10.6. The Bertz CT molecular complexity index is 830. The largest absolute Gasteiger partial charge is 0.469 e. The highest BCUT2D eigenvalue weighted by atomic mass is 16.5. The number of ether oxygens (including phenoxy) is 1. The van der Waals surface area contributed by atoms with Crippen LogP contribution in [-0.4, -0.2) is 47.4 Å². The first kappa shape index (κ1) is 27.6. The molecule has 1 amide bonds. The van der Waals surface area contributed by atoms with Crippen molar-refractivity contribution in [2.75, 3.05) is 7.11 Å². The van der Waals surface area contributed by atoms with Gasteiger partial charge in [-0.3, -0.25) is 9.59 Å². The molecule has 6 heteroatoms.